The second-order valence-corrected chi connectivity index (χ2v) is 11.0. The maximum atomic E-state index is 2.49. The predicted molar refractivity (Wildman–Crippen MR) is 179 cm³/mol. The molecular formula is C41H36. The molecule has 0 nitrogen and oxygen atoms in total. The first-order valence-corrected chi connectivity index (χ1v) is 15.3. The number of fused-ring (bicyclic) bond motifs is 6. The molecule has 1 atom stereocenters. The van der Waals surface area contributed by atoms with Crippen molar-refractivity contribution in [3.8, 4) is 33.4 Å². The van der Waals surface area contributed by atoms with Crippen molar-refractivity contribution in [3.05, 3.63) is 138 Å². The van der Waals surface area contributed by atoms with Gasteiger partial charge in [0.2, 0.25) is 0 Å². The number of aryl methyl sites for hydroxylation is 1. The maximum absolute atomic E-state index is 2.49. The van der Waals surface area contributed by atoms with Gasteiger partial charge in [-0.2, -0.15) is 0 Å². The van der Waals surface area contributed by atoms with Crippen LogP contribution in [0.15, 0.2) is 115 Å². The van der Waals surface area contributed by atoms with E-state index in [0.717, 1.165) is 19.3 Å². The van der Waals surface area contributed by atoms with Gasteiger partial charge in [-0.3, -0.25) is 0 Å². The lowest BCUT2D eigenvalue weighted by Crippen LogP contribution is -1.98. The molecule has 8 rings (SSSR count). The number of allylic oxidation sites excluding steroid dienone is 1. The molecule has 41 heavy (non-hydrogen) atoms. The summed E-state index contributed by atoms with van der Waals surface area (Å²) in [6, 6.07) is 41.1. The van der Waals surface area contributed by atoms with Crippen molar-refractivity contribution in [2.75, 3.05) is 0 Å². The molecule has 0 spiro atoms. The van der Waals surface area contributed by atoms with Crippen LogP contribution in [-0.2, 0) is 6.42 Å². The first-order chi connectivity index (χ1) is 20.3. The average molecular weight is 529 g/mol. The van der Waals surface area contributed by atoms with E-state index >= 15 is 0 Å². The number of rotatable bonds is 3. The third-order valence-corrected chi connectivity index (χ3v) is 9.01. The molecule has 0 amide bonds. The zero-order valence-electron chi connectivity index (χ0n) is 24.2. The minimum atomic E-state index is 0.454. The van der Waals surface area contributed by atoms with Crippen molar-refractivity contribution in [1.29, 1.82) is 0 Å². The highest BCUT2D eigenvalue weighted by Gasteiger charge is 2.28. The molecule has 0 N–H and O–H groups in total. The highest BCUT2D eigenvalue weighted by molar-refractivity contribution is 6.22. The van der Waals surface area contributed by atoms with E-state index in [4.69, 9.17) is 0 Å². The van der Waals surface area contributed by atoms with Crippen LogP contribution in [0, 0.1) is 0 Å². The molecule has 0 radical (unpaired) electrons. The van der Waals surface area contributed by atoms with Crippen molar-refractivity contribution in [1.82, 2.24) is 0 Å². The second-order valence-electron chi connectivity index (χ2n) is 11.0. The van der Waals surface area contributed by atoms with E-state index in [1.54, 1.807) is 0 Å². The Morgan fingerprint density at radius 3 is 1.90 bits per heavy atom. The summed E-state index contributed by atoms with van der Waals surface area (Å²) in [5.74, 6) is 0.454. The maximum Gasteiger partial charge on any atom is 0.00992 e. The van der Waals surface area contributed by atoms with Crippen LogP contribution in [0.1, 0.15) is 61.8 Å². The summed E-state index contributed by atoms with van der Waals surface area (Å²) < 4.78 is 0. The van der Waals surface area contributed by atoms with Crippen molar-refractivity contribution < 1.29 is 0 Å². The lowest BCUT2D eigenvalue weighted by molar-refractivity contribution is 0.797. The van der Waals surface area contributed by atoms with Crippen molar-refractivity contribution in [2.45, 2.75) is 46.0 Å². The first-order valence-electron chi connectivity index (χ1n) is 15.3. The van der Waals surface area contributed by atoms with Gasteiger partial charge in [-0.05, 0) is 103 Å². The summed E-state index contributed by atoms with van der Waals surface area (Å²) >= 11 is 0. The summed E-state index contributed by atoms with van der Waals surface area (Å²) in [6.45, 7) is 6.32. The zero-order chi connectivity index (χ0) is 27.9. The summed E-state index contributed by atoms with van der Waals surface area (Å²) in [7, 11) is 0. The van der Waals surface area contributed by atoms with Crippen LogP contribution in [0.3, 0.4) is 0 Å². The summed E-state index contributed by atoms with van der Waals surface area (Å²) in [6.07, 6.45) is 8.02. The van der Waals surface area contributed by atoms with Gasteiger partial charge in [-0.1, -0.05) is 136 Å². The van der Waals surface area contributed by atoms with Crippen LogP contribution < -0.4 is 0 Å². The molecule has 0 bridgehead atoms. The molecule has 0 heterocycles. The molecule has 0 saturated heterocycles. The Morgan fingerprint density at radius 1 is 0.585 bits per heavy atom. The van der Waals surface area contributed by atoms with Crippen molar-refractivity contribution >= 4 is 27.6 Å². The van der Waals surface area contributed by atoms with Crippen LogP contribution in [0.25, 0.3) is 61.0 Å². The molecule has 0 aliphatic heterocycles. The Balaban J connectivity index is 0.00000135. The molecule has 200 valence electrons. The number of benzene rings is 6. The SMILES string of the molecule is CC.CCC1c2ccccc2-c2ccc(-c3c4ccccc4c(-c4cccc5c4C=CCC5)c4ccccc34)cc21. The molecule has 2 aliphatic carbocycles. The molecule has 0 saturated carbocycles. The van der Waals surface area contributed by atoms with Gasteiger partial charge in [0.1, 0.15) is 0 Å². The Labute approximate surface area is 244 Å². The van der Waals surface area contributed by atoms with E-state index in [-0.39, 0.29) is 0 Å². The van der Waals surface area contributed by atoms with E-state index < -0.39 is 0 Å². The smallest absolute Gasteiger partial charge is 0.00992 e. The quantitative estimate of drug-likeness (QED) is 0.200. The van der Waals surface area contributed by atoms with E-state index in [1.165, 1.54) is 77.2 Å². The number of hydrogen-bond acceptors (Lipinski definition) is 0. The van der Waals surface area contributed by atoms with Gasteiger partial charge in [-0.25, -0.2) is 0 Å². The molecule has 0 heteroatoms. The standard InChI is InChI=1S/C39H30.C2H6/c1-2-27-29-15-5-6-16-30(29)31-23-22-26(24-37(27)31)38-33-17-7-9-19-35(33)39(36-20-10-8-18-34(36)38)32-21-11-13-25-12-3-4-14-28(25)32;1-2/h4-11,13-24,27H,2-3,12H2,1H3;1-2H3. The fraction of sp³-hybridized carbons (Fsp3) is 0.171. The predicted octanol–water partition coefficient (Wildman–Crippen LogP) is 11.8. The highest BCUT2D eigenvalue weighted by Crippen LogP contribution is 2.50. The van der Waals surface area contributed by atoms with Crippen LogP contribution in [0.2, 0.25) is 0 Å². The Morgan fingerprint density at radius 2 is 1.20 bits per heavy atom. The van der Waals surface area contributed by atoms with Crippen LogP contribution in [0.4, 0.5) is 0 Å². The fourth-order valence-corrected chi connectivity index (χ4v) is 7.32. The average Bonchev–Trinajstić information content (AvgIpc) is 3.37. The van der Waals surface area contributed by atoms with Gasteiger partial charge in [0.25, 0.3) is 0 Å². The van der Waals surface area contributed by atoms with Crippen molar-refractivity contribution in [2.24, 2.45) is 0 Å². The third kappa shape index (κ3) is 3.97. The van der Waals surface area contributed by atoms with E-state index in [2.05, 4.69) is 128 Å². The van der Waals surface area contributed by atoms with Crippen LogP contribution in [0.5, 0.6) is 0 Å². The minimum Gasteiger partial charge on any atom is -0.0836 e. The summed E-state index contributed by atoms with van der Waals surface area (Å²) in [5, 5.41) is 5.31. The van der Waals surface area contributed by atoms with E-state index in [1.807, 2.05) is 13.8 Å². The molecule has 6 aromatic carbocycles. The minimum absolute atomic E-state index is 0.454. The Kier molecular flexibility index (Phi) is 6.56. The topological polar surface area (TPSA) is 0 Å². The normalized spacial score (nSPS) is 14.8. The van der Waals surface area contributed by atoms with Gasteiger partial charge in [0.15, 0.2) is 0 Å². The highest BCUT2D eigenvalue weighted by atomic mass is 14.3. The lowest BCUT2D eigenvalue weighted by Gasteiger charge is -2.21. The Hall–Kier alpha value is -4.42. The molecule has 6 aromatic rings. The Bertz CT molecular complexity index is 1890. The molecular weight excluding hydrogens is 492 g/mol. The van der Waals surface area contributed by atoms with Gasteiger partial charge in [0.05, 0.1) is 0 Å². The monoisotopic (exact) mass is 528 g/mol. The van der Waals surface area contributed by atoms with Crippen molar-refractivity contribution in [3.63, 3.8) is 0 Å². The second kappa shape index (κ2) is 10.5. The molecule has 2 aliphatic rings. The van der Waals surface area contributed by atoms with Gasteiger partial charge >= 0.3 is 0 Å². The summed E-state index contributed by atoms with van der Waals surface area (Å²) in [4.78, 5) is 0. The van der Waals surface area contributed by atoms with Crippen LogP contribution in [-0.4, -0.2) is 0 Å². The van der Waals surface area contributed by atoms with Gasteiger partial charge in [0, 0.05) is 5.92 Å². The summed E-state index contributed by atoms with van der Waals surface area (Å²) in [5.41, 5.74) is 13.9. The molecule has 1 unspecified atom stereocenters. The largest absolute Gasteiger partial charge is 0.0836 e. The van der Waals surface area contributed by atoms with Crippen LogP contribution >= 0.6 is 0 Å². The van der Waals surface area contributed by atoms with E-state index in [0.29, 0.717) is 5.92 Å². The van der Waals surface area contributed by atoms with E-state index in [9.17, 15) is 0 Å². The third-order valence-electron chi connectivity index (χ3n) is 9.01. The van der Waals surface area contributed by atoms with Gasteiger partial charge < -0.3 is 0 Å². The zero-order valence-corrected chi connectivity index (χ0v) is 24.2. The first kappa shape index (κ1) is 25.5. The lowest BCUT2D eigenvalue weighted by atomic mass is 9.82. The molecule has 0 fully saturated rings. The molecule has 0 aromatic heterocycles. The van der Waals surface area contributed by atoms with Gasteiger partial charge in [-0.15, -0.1) is 0 Å². The fourth-order valence-electron chi connectivity index (χ4n) is 7.32. The number of hydrogen-bond donors (Lipinski definition) is 0.